The topological polar surface area (TPSA) is 69.6 Å². The molecule has 0 aliphatic heterocycles. The predicted octanol–water partition coefficient (Wildman–Crippen LogP) is 3.75. The van der Waals surface area contributed by atoms with Crippen molar-refractivity contribution >= 4 is 45.4 Å². The molecule has 0 aromatic heterocycles. The Balaban J connectivity index is 2.72. The van der Waals surface area contributed by atoms with Crippen LogP contribution in [0.2, 0.25) is 0 Å². The van der Waals surface area contributed by atoms with E-state index in [1.165, 1.54) is 12.1 Å². The van der Waals surface area contributed by atoms with Crippen molar-refractivity contribution in [2.24, 2.45) is 0 Å². The summed E-state index contributed by atoms with van der Waals surface area (Å²) < 4.78 is 0.543. The van der Waals surface area contributed by atoms with Crippen LogP contribution in [0.3, 0.4) is 0 Å². The van der Waals surface area contributed by atoms with E-state index < -0.39 is 5.97 Å². The molecule has 5 nitrogen and oxygen atoms in total. The van der Waals surface area contributed by atoms with Crippen molar-refractivity contribution in [2.45, 2.75) is 19.4 Å². The van der Waals surface area contributed by atoms with Gasteiger partial charge in [0.2, 0.25) is 0 Å². The molecule has 1 aromatic carbocycles. The Bertz CT molecular complexity index is 525. The number of nitrogens with one attached hydrogen (secondary N) is 1. The summed E-state index contributed by atoms with van der Waals surface area (Å²) in [6, 6.07) is 4.42. The number of carbonyl (C=O) groups excluding carboxylic acids is 1. The van der Waals surface area contributed by atoms with Gasteiger partial charge in [-0.3, -0.25) is 0 Å². The van der Waals surface area contributed by atoms with Crippen LogP contribution in [-0.4, -0.2) is 47.1 Å². The van der Waals surface area contributed by atoms with Gasteiger partial charge in [-0.1, -0.05) is 0 Å². The molecule has 0 heterocycles. The van der Waals surface area contributed by atoms with Gasteiger partial charge in [0.05, 0.1) is 11.3 Å². The quantitative estimate of drug-likeness (QED) is 0.795. The van der Waals surface area contributed by atoms with E-state index in [1.54, 1.807) is 29.8 Å². The summed E-state index contributed by atoms with van der Waals surface area (Å²) in [6.45, 7) is 2.00. The molecule has 116 valence electrons. The smallest absolute Gasteiger partial charge is 0.335 e. The number of aromatic carboxylic acids is 1. The summed E-state index contributed by atoms with van der Waals surface area (Å²) in [7, 11) is 1.75. The maximum Gasteiger partial charge on any atom is 0.335 e. The molecular weight excluding hydrogens is 356 g/mol. The number of hydrogen-bond donors (Lipinski definition) is 2. The fourth-order valence-electron chi connectivity index (χ4n) is 1.64. The number of benzene rings is 1. The fourth-order valence-corrected chi connectivity index (χ4v) is 2.69. The van der Waals surface area contributed by atoms with E-state index in [0.717, 1.165) is 12.2 Å². The number of urea groups is 1. The number of rotatable bonds is 6. The summed E-state index contributed by atoms with van der Waals surface area (Å²) in [5, 5.41) is 11.7. The second-order valence-electron chi connectivity index (χ2n) is 4.67. The third kappa shape index (κ3) is 5.24. The molecule has 1 unspecified atom stereocenters. The van der Waals surface area contributed by atoms with Gasteiger partial charge in [-0.05, 0) is 59.5 Å². The third-order valence-electron chi connectivity index (χ3n) is 3.18. The average molecular weight is 375 g/mol. The Morgan fingerprint density at radius 3 is 2.67 bits per heavy atom. The van der Waals surface area contributed by atoms with Crippen molar-refractivity contribution in [3.05, 3.63) is 28.2 Å². The minimum Gasteiger partial charge on any atom is -0.478 e. The number of anilines is 1. The molecule has 2 N–H and O–H groups in total. The SMILES string of the molecule is CSCCC(C)N(C)C(=O)Nc1ccc(C(=O)O)cc1Br. The first-order chi connectivity index (χ1) is 9.86. The van der Waals surface area contributed by atoms with Gasteiger partial charge in [0.1, 0.15) is 0 Å². The molecule has 1 atom stereocenters. The van der Waals surface area contributed by atoms with Crippen LogP contribution in [0.15, 0.2) is 22.7 Å². The van der Waals surface area contributed by atoms with Crippen LogP contribution in [0, 0.1) is 0 Å². The fraction of sp³-hybridized carbons (Fsp3) is 0.429. The first-order valence-corrected chi connectivity index (χ1v) is 8.61. The van der Waals surface area contributed by atoms with Gasteiger partial charge >= 0.3 is 12.0 Å². The highest BCUT2D eigenvalue weighted by Gasteiger charge is 2.16. The molecule has 0 bridgehead atoms. The number of carboxylic acid groups (broad SMARTS) is 1. The lowest BCUT2D eigenvalue weighted by atomic mass is 10.2. The zero-order valence-electron chi connectivity index (χ0n) is 12.2. The zero-order chi connectivity index (χ0) is 16.0. The van der Waals surface area contributed by atoms with Crippen LogP contribution in [0.4, 0.5) is 10.5 Å². The largest absolute Gasteiger partial charge is 0.478 e. The molecule has 2 amide bonds. The standard InChI is InChI=1S/C14H19BrN2O3S/c1-9(6-7-21-3)17(2)14(20)16-12-5-4-10(13(18)19)8-11(12)15/h4-5,8-9H,6-7H2,1-3H3,(H,16,20)(H,18,19). The lowest BCUT2D eigenvalue weighted by molar-refractivity contribution is 0.0697. The number of nitrogens with zero attached hydrogens (tertiary/aromatic N) is 1. The molecular formula is C14H19BrN2O3S. The van der Waals surface area contributed by atoms with Crippen LogP contribution in [0.5, 0.6) is 0 Å². The van der Waals surface area contributed by atoms with Gasteiger partial charge in [0.25, 0.3) is 0 Å². The Kier molecular flexibility index (Phi) is 7.04. The average Bonchev–Trinajstić information content (AvgIpc) is 2.45. The molecule has 1 rings (SSSR count). The Hall–Kier alpha value is -1.21. The molecule has 0 saturated heterocycles. The molecule has 0 saturated carbocycles. The summed E-state index contributed by atoms with van der Waals surface area (Å²) in [4.78, 5) is 24.7. The number of hydrogen-bond acceptors (Lipinski definition) is 3. The van der Waals surface area contributed by atoms with Crippen LogP contribution in [0.25, 0.3) is 0 Å². The van der Waals surface area contributed by atoms with E-state index in [9.17, 15) is 9.59 Å². The third-order valence-corrected chi connectivity index (χ3v) is 4.48. The highest BCUT2D eigenvalue weighted by Crippen LogP contribution is 2.24. The lowest BCUT2D eigenvalue weighted by Gasteiger charge is -2.25. The van der Waals surface area contributed by atoms with Gasteiger partial charge < -0.3 is 15.3 Å². The van der Waals surface area contributed by atoms with Gasteiger partial charge in [-0.25, -0.2) is 9.59 Å². The highest BCUT2D eigenvalue weighted by molar-refractivity contribution is 9.10. The van der Waals surface area contributed by atoms with Crippen LogP contribution >= 0.6 is 27.7 Å². The Morgan fingerprint density at radius 1 is 1.48 bits per heavy atom. The summed E-state index contributed by atoms with van der Waals surface area (Å²) >= 11 is 5.02. The van der Waals surface area contributed by atoms with E-state index in [1.807, 2.05) is 13.2 Å². The van der Waals surface area contributed by atoms with Gasteiger partial charge in [-0.15, -0.1) is 0 Å². The number of amides is 2. The molecule has 1 aromatic rings. The van der Waals surface area contributed by atoms with Crippen LogP contribution in [-0.2, 0) is 0 Å². The van der Waals surface area contributed by atoms with Gasteiger partial charge in [0.15, 0.2) is 0 Å². The lowest BCUT2D eigenvalue weighted by Crippen LogP contribution is -2.38. The van der Waals surface area contributed by atoms with E-state index in [0.29, 0.717) is 10.2 Å². The maximum absolute atomic E-state index is 12.2. The summed E-state index contributed by atoms with van der Waals surface area (Å²) in [5.74, 6) is -0.00753. The molecule has 0 aliphatic rings. The molecule has 0 aliphatic carbocycles. The maximum atomic E-state index is 12.2. The van der Waals surface area contributed by atoms with E-state index in [-0.39, 0.29) is 17.6 Å². The van der Waals surface area contributed by atoms with Crippen molar-refractivity contribution in [1.29, 1.82) is 0 Å². The van der Waals surface area contributed by atoms with Crippen LogP contribution < -0.4 is 5.32 Å². The number of halogens is 1. The summed E-state index contributed by atoms with van der Waals surface area (Å²) in [5.41, 5.74) is 0.718. The van der Waals surface area contributed by atoms with Crippen molar-refractivity contribution in [3.63, 3.8) is 0 Å². The van der Waals surface area contributed by atoms with Gasteiger partial charge in [0, 0.05) is 17.6 Å². The minimum absolute atomic E-state index is 0.134. The van der Waals surface area contributed by atoms with E-state index >= 15 is 0 Å². The predicted molar refractivity (Wildman–Crippen MR) is 90.3 cm³/mol. The second-order valence-corrected chi connectivity index (χ2v) is 6.51. The van der Waals surface area contributed by atoms with Crippen molar-refractivity contribution in [1.82, 2.24) is 4.90 Å². The second kappa shape index (κ2) is 8.29. The molecule has 0 spiro atoms. The number of thioether (sulfide) groups is 1. The van der Waals surface area contributed by atoms with E-state index in [2.05, 4.69) is 21.2 Å². The molecule has 21 heavy (non-hydrogen) atoms. The van der Waals surface area contributed by atoms with Crippen molar-refractivity contribution < 1.29 is 14.7 Å². The first kappa shape index (κ1) is 17.8. The number of carboxylic acids is 1. The number of carbonyl (C=O) groups is 2. The highest BCUT2D eigenvalue weighted by atomic mass is 79.9. The molecule has 0 radical (unpaired) electrons. The van der Waals surface area contributed by atoms with Crippen LogP contribution in [0.1, 0.15) is 23.7 Å². The minimum atomic E-state index is -1.00. The Morgan fingerprint density at radius 2 is 2.14 bits per heavy atom. The molecule has 0 fully saturated rings. The molecule has 7 heteroatoms. The first-order valence-electron chi connectivity index (χ1n) is 6.42. The van der Waals surface area contributed by atoms with Gasteiger partial charge in [-0.2, -0.15) is 11.8 Å². The van der Waals surface area contributed by atoms with Crippen molar-refractivity contribution in [2.75, 3.05) is 24.4 Å². The summed E-state index contributed by atoms with van der Waals surface area (Å²) in [6.07, 6.45) is 2.96. The normalized spacial score (nSPS) is 11.8. The van der Waals surface area contributed by atoms with E-state index in [4.69, 9.17) is 5.11 Å². The Labute approximate surface area is 137 Å². The zero-order valence-corrected chi connectivity index (χ0v) is 14.6. The monoisotopic (exact) mass is 374 g/mol. The van der Waals surface area contributed by atoms with Crippen molar-refractivity contribution in [3.8, 4) is 0 Å².